The number of thioether (sulfide) groups is 1. The Morgan fingerprint density at radius 1 is 1.64 bits per heavy atom. The fraction of sp³-hybridized carbons (Fsp3) is 0.625. The first-order valence-electron chi connectivity index (χ1n) is 3.98. The van der Waals surface area contributed by atoms with Crippen LogP contribution in [0.3, 0.4) is 0 Å². The van der Waals surface area contributed by atoms with Crippen LogP contribution < -0.4 is 5.32 Å². The van der Waals surface area contributed by atoms with E-state index in [4.69, 9.17) is 10.4 Å². The van der Waals surface area contributed by atoms with Crippen LogP contribution in [-0.2, 0) is 9.59 Å². The van der Waals surface area contributed by atoms with Crippen LogP contribution in [0.1, 0.15) is 13.8 Å². The van der Waals surface area contributed by atoms with Crippen LogP contribution in [0.15, 0.2) is 0 Å². The Morgan fingerprint density at radius 3 is 2.57 bits per heavy atom. The molecule has 14 heavy (non-hydrogen) atoms. The summed E-state index contributed by atoms with van der Waals surface area (Å²) < 4.78 is 0. The third-order valence-electron chi connectivity index (χ3n) is 1.37. The zero-order valence-corrected chi connectivity index (χ0v) is 8.80. The number of nitriles is 1. The van der Waals surface area contributed by atoms with Gasteiger partial charge in [-0.15, -0.1) is 11.8 Å². The molecule has 6 heteroatoms. The maximum absolute atomic E-state index is 10.6. The Kier molecular flexibility index (Phi) is 5.72. The molecular formula is C8H12N2O3S. The lowest BCUT2D eigenvalue weighted by Gasteiger charge is -2.12. The molecule has 1 unspecified atom stereocenters. The molecule has 0 saturated carbocycles. The summed E-state index contributed by atoms with van der Waals surface area (Å²) in [6, 6.07) is 1.05. The van der Waals surface area contributed by atoms with Crippen LogP contribution in [0.25, 0.3) is 0 Å². The van der Waals surface area contributed by atoms with E-state index in [9.17, 15) is 9.59 Å². The van der Waals surface area contributed by atoms with Gasteiger partial charge in [-0.1, -0.05) is 0 Å². The zero-order chi connectivity index (χ0) is 11.1. The van der Waals surface area contributed by atoms with Crippen molar-refractivity contribution in [3.63, 3.8) is 0 Å². The maximum atomic E-state index is 10.6. The van der Waals surface area contributed by atoms with Crippen LogP contribution in [-0.4, -0.2) is 34.0 Å². The Bertz CT molecular complexity index is 262. The Labute approximate surface area is 86.5 Å². The normalized spacial score (nSPS) is 13.8. The molecular weight excluding hydrogens is 204 g/mol. The molecule has 5 nitrogen and oxygen atoms in total. The summed E-state index contributed by atoms with van der Waals surface area (Å²) in [5.41, 5.74) is 0. The molecule has 0 aromatic heterocycles. The smallest absolute Gasteiger partial charge is 0.327 e. The lowest BCUT2D eigenvalue weighted by molar-refractivity contribution is -0.140. The zero-order valence-electron chi connectivity index (χ0n) is 7.98. The second kappa shape index (κ2) is 6.27. The Hall–Kier alpha value is -1.22. The minimum atomic E-state index is -1.09. The van der Waals surface area contributed by atoms with Gasteiger partial charge in [0, 0.05) is 12.7 Å². The molecule has 0 spiro atoms. The molecule has 0 bridgehead atoms. The first-order chi connectivity index (χ1) is 6.47. The number of rotatable bonds is 5. The SMILES string of the molecule is CC(=O)N[C@@H](CSC(C)C#N)C(=O)O. The highest BCUT2D eigenvalue weighted by molar-refractivity contribution is 8.00. The van der Waals surface area contributed by atoms with Gasteiger partial charge in [0.25, 0.3) is 0 Å². The predicted molar refractivity (Wildman–Crippen MR) is 52.8 cm³/mol. The Balaban J connectivity index is 4.05. The number of carboxylic acids is 1. The summed E-state index contributed by atoms with van der Waals surface area (Å²) in [4.78, 5) is 21.2. The van der Waals surface area contributed by atoms with Crippen LogP contribution in [0.2, 0.25) is 0 Å². The van der Waals surface area contributed by atoms with Gasteiger partial charge in [-0.05, 0) is 6.92 Å². The van der Waals surface area contributed by atoms with E-state index in [0.29, 0.717) is 0 Å². The highest BCUT2D eigenvalue weighted by Crippen LogP contribution is 2.10. The van der Waals surface area contributed by atoms with E-state index in [1.165, 1.54) is 18.7 Å². The van der Waals surface area contributed by atoms with Gasteiger partial charge in [-0.3, -0.25) is 4.79 Å². The molecule has 0 saturated heterocycles. The van der Waals surface area contributed by atoms with Crippen LogP contribution in [0.5, 0.6) is 0 Å². The summed E-state index contributed by atoms with van der Waals surface area (Å²) in [6.07, 6.45) is 0. The molecule has 0 fully saturated rings. The van der Waals surface area contributed by atoms with E-state index in [1.807, 2.05) is 6.07 Å². The molecule has 1 amide bonds. The van der Waals surface area contributed by atoms with Crippen molar-refractivity contribution < 1.29 is 14.7 Å². The summed E-state index contributed by atoms with van der Waals surface area (Å²) in [5.74, 6) is -1.27. The number of nitrogens with zero attached hydrogens (tertiary/aromatic N) is 1. The molecule has 2 atom stereocenters. The van der Waals surface area contributed by atoms with Gasteiger partial charge in [-0.25, -0.2) is 4.79 Å². The van der Waals surface area contributed by atoms with Crippen molar-refractivity contribution in [2.45, 2.75) is 25.1 Å². The average molecular weight is 216 g/mol. The first-order valence-corrected chi connectivity index (χ1v) is 5.03. The molecule has 0 rings (SSSR count). The maximum Gasteiger partial charge on any atom is 0.327 e. The summed E-state index contributed by atoms with van der Waals surface area (Å²) >= 11 is 1.20. The number of carbonyl (C=O) groups excluding carboxylic acids is 1. The molecule has 0 radical (unpaired) electrons. The van der Waals surface area contributed by atoms with Crippen molar-refractivity contribution in [3.05, 3.63) is 0 Å². The van der Waals surface area contributed by atoms with Crippen molar-refractivity contribution in [1.29, 1.82) is 5.26 Å². The van der Waals surface area contributed by atoms with Crippen molar-refractivity contribution in [3.8, 4) is 6.07 Å². The van der Waals surface area contributed by atoms with Crippen molar-refractivity contribution in [2.75, 3.05) is 5.75 Å². The summed E-state index contributed by atoms with van der Waals surface area (Å²) in [7, 11) is 0. The van der Waals surface area contributed by atoms with E-state index in [2.05, 4.69) is 5.32 Å². The third-order valence-corrected chi connectivity index (χ3v) is 2.50. The van der Waals surface area contributed by atoms with Gasteiger partial charge in [0.1, 0.15) is 6.04 Å². The fourth-order valence-corrected chi connectivity index (χ4v) is 1.48. The second-order valence-electron chi connectivity index (χ2n) is 2.70. The standard InChI is InChI=1S/C8H12N2O3S/c1-5(3-9)14-4-7(8(12)13)10-6(2)11/h5,7H,4H2,1-2H3,(H,10,11)(H,12,13)/t5?,7-/m0/s1. The van der Waals surface area contributed by atoms with Gasteiger partial charge in [-0.2, -0.15) is 5.26 Å². The van der Waals surface area contributed by atoms with Crippen molar-refractivity contribution in [1.82, 2.24) is 5.32 Å². The Morgan fingerprint density at radius 2 is 2.21 bits per heavy atom. The molecule has 0 aromatic carbocycles. The molecule has 0 aromatic rings. The van der Waals surface area contributed by atoms with Crippen molar-refractivity contribution in [2.24, 2.45) is 0 Å². The number of carbonyl (C=O) groups is 2. The lowest BCUT2D eigenvalue weighted by atomic mass is 10.3. The number of aliphatic carboxylic acids is 1. The van der Waals surface area contributed by atoms with Crippen LogP contribution in [0.4, 0.5) is 0 Å². The minimum absolute atomic E-state index is 0.198. The summed E-state index contributed by atoms with van der Waals surface area (Å²) in [6.45, 7) is 2.94. The average Bonchev–Trinajstić information content (AvgIpc) is 2.10. The van der Waals surface area contributed by atoms with E-state index < -0.39 is 12.0 Å². The van der Waals surface area contributed by atoms with E-state index in [0.717, 1.165) is 0 Å². The van der Waals surface area contributed by atoms with Gasteiger partial charge < -0.3 is 10.4 Å². The third kappa shape index (κ3) is 5.43. The van der Waals surface area contributed by atoms with Crippen molar-refractivity contribution >= 4 is 23.6 Å². The van der Waals surface area contributed by atoms with E-state index >= 15 is 0 Å². The number of hydrogen-bond acceptors (Lipinski definition) is 4. The number of nitrogens with one attached hydrogen (secondary N) is 1. The van der Waals surface area contributed by atoms with Crippen LogP contribution in [0, 0.1) is 11.3 Å². The van der Waals surface area contributed by atoms with Crippen LogP contribution >= 0.6 is 11.8 Å². The summed E-state index contributed by atoms with van der Waals surface area (Å²) in [5, 5.41) is 19.2. The molecule has 0 heterocycles. The molecule has 78 valence electrons. The molecule has 0 aliphatic heterocycles. The molecule has 0 aliphatic rings. The molecule has 0 aliphatic carbocycles. The fourth-order valence-electron chi connectivity index (χ4n) is 0.698. The quantitative estimate of drug-likeness (QED) is 0.686. The van der Waals surface area contributed by atoms with Gasteiger partial charge in [0.15, 0.2) is 0 Å². The van der Waals surface area contributed by atoms with Gasteiger partial charge >= 0.3 is 5.97 Å². The number of hydrogen-bond donors (Lipinski definition) is 2. The predicted octanol–water partition coefficient (Wildman–Crippen LogP) is 0.221. The lowest BCUT2D eigenvalue weighted by Crippen LogP contribution is -2.41. The first kappa shape index (κ1) is 12.8. The number of carboxylic acid groups (broad SMARTS) is 1. The van der Waals surface area contributed by atoms with Gasteiger partial charge in [0.2, 0.25) is 5.91 Å². The van der Waals surface area contributed by atoms with E-state index in [-0.39, 0.29) is 16.9 Å². The second-order valence-corrected chi connectivity index (χ2v) is 4.07. The minimum Gasteiger partial charge on any atom is -0.480 e. The van der Waals surface area contributed by atoms with E-state index in [1.54, 1.807) is 6.92 Å². The molecule has 2 N–H and O–H groups in total. The highest BCUT2D eigenvalue weighted by atomic mass is 32.2. The highest BCUT2D eigenvalue weighted by Gasteiger charge is 2.19. The largest absolute Gasteiger partial charge is 0.480 e. The monoisotopic (exact) mass is 216 g/mol. The topological polar surface area (TPSA) is 90.2 Å². The van der Waals surface area contributed by atoms with Gasteiger partial charge in [0.05, 0.1) is 11.3 Å². The number of amides is 1.